The van der Waals surface area contributed by atoms with Gasteiger partial charge in [-0.2, -0.15) is 0 Å². The van der Waals surface area contributed by atoms with Crippen LogP contribution in [-0.4, -0.2) is 15.9 Å². The van der Waals surface area contributed by atoms with Gasteiger partial charge >= 0.3 is 0 Å². The summed E-state index contributed by atoms with van der Waals surface area (Å²) in [5.41, 5.74) is 5.27. The quantitative estimate of drug-likeness (QED) is 0.479. The van der Waals surface area contributed by atoms with Crippen LogP contribution in [0.3, 0.4) is 0 Å². The fourth-order valence-electron chi connectivity index (χ4n) is 4.79. The number of allylic oxidation sites excluding steroid dienone is 4. The summed E-state index contributed by atoms with van der Waals surface area (Å²) in [5, 5.41) is 1.70. The summed E-state index contributed by atoms with van der Waals surface area (Å²) < 4.78 is 6.03. The standard InChI is InChI=1S/C27H36OSi/c1-26(2,3)22-17-18-23(25(22)29(7)8)27(4,5)21-16-12-15-20(24(21)28-6)19-13-10-9-11-14-19/h9-18,22,29H,1-8H3. The second kappa shape index (κ2) is 7.99. The molecule has 2 aromatic rings. The molecule has 0 saturated carbocycles. The van der Waals surface area contributed by atoms with Gasteiger partial charge in [0.15, 0.2) is 0 Å². The van der Waals surface area contributed by atoms with Crippen molar-refractivity contribution in [1.82, 2.24) is 0 Å². The Morgan fingerprint density at radius 1 is 0.862 bits per heavy atom. The Balaban J connectivity index is 2.20. The van der Waals surface area contributed by atoms with E-state index in [0.29, 0.717) is 5.92 Å². The number of hydrogen-bond acceptors (Lipinski definition) is 1. The number of benzene rings is 2. The third-order valence-electron chi connectivity index (χ3n) is 6.31. The van der Waals surface area contributed by atoms with E-state index in [9.17, 15) is 0 Å². The molecule has 1 nitrogen and oxygen atoms in total. The minimum atomic E-state index is -0.982. The number of rotatable bonds is 5. The maximum absolute atomic E-state index is 6.03. The van der Waals surface area contributed by atoms with Crippen molar-refractivity contribution in [3.05, 3.63) is 77.0 Å². The van der Waals surface area contributed by atoms with E-state index >= 15 is 0 Å². The Morgan fingerprint density at radius 2 is 1.52 bits per heavy atom. The van der Waals surface area contributed by atoms with E-state index in [1.54, 1.807) is 12.3 Å². The Hall–Kier alpha value is -2.06. The van der Waals surface area contributed by atoms with Crippen LogP contribution in [0.15, 0.2) is 71.5 Å². The first-order chi connectivity index (χ1) is 13.6. The molecule has 0 radical (unpaired) electrons. The first kappa shape index (κ1) is 21.6. The predicted octanol–water partition coefficient (Wildman–Crippen LogP) is 7.19. The smallest absolute Gasteiger partial charge is 0.130 e. The second-order valence-electron chi connectivity index (χ2n) is 10.1. The van der Waals surface area contributed by atoms with Gasteiger partial charge < -0.3 is 4.74 Å². The van der Waals surface area contributed by atoms with Crippen molar-refractivity contribution in [2.24, 2.45) is 11.3 Å². The molecule has 0 heterocycles. The third kappa shape index (κ3) is 4.00. The van der Waals surface area contributed by atoms with Crippen molar-refractivity contribution in [1.29, 1.82) is 0 Å². The summed E-state index contributed by atoms with van der Waals surface area (Å²) in [6.07, 6.45) is 4.86. The Labute approximate surface area is 179 Å². The summed E-state index contributed by atoms with van der Waals surface area (Å²) in [7, 11) is 0.820. The van der Waals surface area contributed by atoms with Crippen LogP contribution in [0.5, 0.6) is 5.75 Å². The normalized spacial score (nSPS) is 17.3. The van der Waals surface area contributed by atoms with Crippen LogP contribution in [0.25, 0.3) is 11.1 Å². The largest absolute Gasteiger partial charge is 0.496 e. The molecule has 2 heteroatoms. The Kier molecular flexibility index (Phi) is 5.96. The SMILES string of the molecule is COc1c(-c2ccccc2)cccc1C(C)(C)C1=C([SiH](C)C)C(C(C)(C)C)C=C1. The van der Waals surface area contributed by atoms with E-state index in [1.165, 1.54) is 16.7 Å². The fourth-order valence-corrected chi connectivity index (χ4v) is 7.20. The van der Waals surface area contributed by atoms with Crippen molar-refractivity contribution in [3.63, 3.8) is 0 Å². The van der Waals surface area contributed by atoms with Crippen LogP contribution in [0.4, 0.5) is 0 Å². The van der Waals surface area contributed by atoms with Gasteiger partial charge in [0.25, 0.3) is 0 Å². The van der Waals surface area contributed by atoms with E-state index in [4.69, 9.17) is 4.74 Å². The molecule has 0 fully saturated rings. The molecule has 1 aliphatic rings. The Bertz CT molecular complexity index is 927. The zero-order chi connectivity index (χ0) is 21.4. The van der Waals surface area contributed by atoms with E-state index in [1.807, 2.05) is 0 Å². The van der Waals surface area contributed by atoms with Crippen LogP contribution in [-0.2, 0) is 5.41 Å². The number of methoxy groups -OCH3 is 1. The number of hydrogen-bond donors (Lipinski definition) is 0. The lowest BCUT2D eigenvalue weighted by Gasteiger charge is -2.35. The van der Waals surface area contributed by atoms with Crippen molar-refractivity contribution in [3.8, 4) is 16.9 Å². The van der Waals surface area contributed by atoms with E-state index in [2.05, 4.69) is 108 Å². The maximum atomic E-state index is 6.03. The van der Waals surface area contributed by atoms with Gasteiger partial charge in [0, 0.05) is 16.5 Å². The van der Waals surface area contributed by atoms with Gasteiger partial charge in [0.1, 0.15) is 5.75 Å². The number of ether oxygens (including phenoxy) is 1. The number of para-hydroxylation sites is 1. The highest BCUT2D eigenvalue weighted by atomic mass is 28.3. The van der Waals surface area contributed by atoms with Gasteiger partial charge in [0.05, 0.1) is 15.9 Å². The first-order valence-corrected chi connectivity index (χ1v) is 13.6. The molecular weight excluding hydrogens is 368 g/mol. The van der Waals surface area contributed by atoms with Gasteiger partial charge in [-0.25, -0.2) is 0 Å². The lowest BCUT2D eigenvalue weighted by Crippen LogP contribution is -2.29. The van der Waals surface area contributed by atoms with Gasteiger partial charge in [-0.05, 0) is 22.5 Å². The molecule has 0 aliphatic heterocycles. The summed E-state index contributed by atoms with van der Waals surface area (Å²) in [5.74, 6) is 1.53. The Morgan fingerprint density at radius 3 is 2.07 bits per heavy atom. The molecule has 29 heavy (non-hydrogen) atoms. The molecule has 0 N–H and O–H groups in total. The zero-order valence-electron chi connectivity index (χ0n) is 19.3. The lowest BCUT2D eigenvalue weighted by molar-refractivity contribution is 0.339. The zero-order valence-corrected chi connectivity index (χ0v) is 20.5. The molecule has 154 valence electrons. The molecule has 2 aromatic carbocycles. The van der Waals surface area contributed by atoms with Gasteiger partial charge in [-0.1, -0.05) is 114 Å². The van der Waals surface area contributed by atoms with Crippen LogP contribution >= 0.6 is 0 Å². The molecule has 0 bridgehead atoms. The highest BCUT2D eigenvalue weighted by Gasteiger charge is 2.39. The minimum Gasteiger partial charge on any atom is -0.496 e. The molecule has 1 atom stereocenters. The molecule has 0 amide bonds. The monoisotopic (exact) mass is 404 g/mol. The van der Waals surface area contributed by atoms with Crippen LogP contribution in [0.2, 0.25) is 13.1 Å². The van der Waals surface area contributed by atoms with E-state index < -0.39 is 8.80 Å². The van der Waals surface area contributed by atoms with E-state index in [-0.39, 0.29) is 10.8 Å². The van der Waals surface area contributed by atoms with Crippen LogP contribution in [0.1, 0.15) is 40.2 Å². The topological polar surface area (TPSA) is 9.23 Å². The van der Waals surface area contributed by atoms with Crippen molar-refractivity contribution < 1.29 is 4.74 Å². The van der Waals surface area contributed by atoms with Gasteiger partial charge in [-0.3, -0.25) is 0 Å². The molecular formula is C27H36OSi. The molecule has 1 unspecified atom stereocenters. The first-order valence-electron chi connectivity index (χ1n) is 10.7. The summed E-state index contributed by atoms with van der Waals surface area (Å²) in [6, 6.07) is 17.1. The average molecular weight is 405 g/mol. The fraction of sp³-hybridized carbons (Fsp3) is 0.407. The van der Waals surface area contributed by atoms with Crippen molar-refractivity contribution in [2.45, 2.75) is 53.1 Å². The molecule has 3 rings (SSSR count). The van der Waals surface area contributed by atoms with Crippen LogP contribution in [0, 0.1) is 11.3 Å². The maximum Gasteiger partial charge on any atom is 0.130 e. The summed E-state index contributed by atoms with van der Waals surface area (Å²) in [4.78, 5) is 0. The molecule has 1 aliphatic carbocycles. The molecule has 0 saturated heterocycles. The predicted molar refractivity (Wildman–Crippen MR) is 129 cm³/mol. The third-order valence-corrected chi connectivity index (χ3v) is 8.22. The van der Waals surface area contributed by atoms with Crippen molar-refractivity contribution in [2.75, 3.05) is 7.11 Å². The van der Waals surface area contributed by atoms with Gasteiger partial charge in [-0.15, -0.1) is 0 Å². The van der Waals surface area contributed by atoms with E-state index in [0.717, 1.165) is 11.3 Å². The molecule has 0 aromatic heterocycles. The minimum absolute atomic E-state index is 0.112. The average Bonchev–Trinajstić information content (AvgIpc) is 3.15. The molecule has 0 spiro atoms. The van der Waals surface area contributed by atoms with Gasteiger partial charge in [0.2, 0.25) is 0 Å². The second-order valence-corrected chi connectivity index (χ2v) is 13.0. The summed E-state index contributed by atoms with van der Waals surface area (Å²) in [6.45, 7) is 16.8. The van der Waals surface area contributed by atoms with Crippen LogP contribution < -0.4 is 4.74 Å². The summed E-state index contributed by atoms with van der Waals surface area (Å²) >= 11 is 0. The lowest BCUT2D eigenvalue weighted by atomic mass is 9.75. The highest BCUT2D eigenvalue weighted by Crippen LogP contribution is 2.49. The highest BCUT2D eigenvalue weighted by molar-refractivity contribution is 6.64. The van der Waals surface area contributed by atoms with Crippen molar-refractivity contribution >= 4 is 8.80 Å².